The summed E-state index contributed by atoms with van der Waals surface area (Å²) < 4.78 is 4.86. The largest absolute Gasteiger partial charge is 0.466 e. The van der Waals surface area contributed by atoms with Gasteiger partial charge in [-0.25, -0.2) is 9.59 Å². The van der Waals surface area contributed by atoms with E-state index in [0.29, 0.717) is 28.4 Å². The molecule has 1 aromatic rings. The second kappa shape index (κ2) is 7.03. The summed E-state index contributed by atoms with van der Waals surface area (Å²) in [6, 6.07) is 6.00. The van der Waals surface area contributed by atoms with Gasteiger partial charge in [0.1, 0.15) is 0 Å². The van der Waals surface area contributed by atoms with E-state index in [1.807, 2.05) is 0 Å². The first-order chi connectivity index (χ1) is 10.5. The molecule has 0 aromatic heterocycles. The number of halogens is 2. The number of esters is 1. The molecule has 1 aliphatic heterocycles. The van der Waals surface area contributed by atoms with Crippen LogP contribution in [0.4, 0.5) is 4.79 Å². The number of hydrogen-bond donors (Lipinski definition) is 1. The number of hydrogen-bond acceptors (Lipinski definition) is 3. The van der Waals surface area contributed by atoms with Gasteiger partial charge in [-0.15, -0.1) is 11.6 Å². The molecule has 2 amide bonds. The van der Waals surface area contributed by atoms with Crippen molar-refractivity contribution in [2.45, 2.75) is 13.0 Å². The van der Waals surface area contributed by atoms with Crippen LogP contribution in [-0.2, 0) is 9.53 Å². The summed E-state index contributed by atoms with van der Waals surface area (Å²) in [4.78, 5) is 25.9. The number of rotatable bonds is 4. The molecule has 1 unspecified atom stereocenters. The van der Waals surface area contributed by atoms with Crippen molar-refractivity contribution in [3.05, 3.63) is 46.1 Å². The standard InChI is InChI=1S/C15H16Cl2N2O3/c1-3-19-11(8-16)12(14(20)22-2)13(18-15(19)21)9-6-4-5-7-10(9)17/h4-7,13H,3,8H2,1-2H3,(H,18,21). The molecule has 0 bridgehead atoms. The molecule has 0 aliphatic carbocycles. The van der Waals surface area contributed by atoms with Crippen molar-refractivity contribution in [2.75, 3.05) is 19.5 Å². The molecule has 1 heterocycles. The zero-order valence-corrected chi connectivity index (χ0v) is 13.7. The number of carbonyl (C=O) groups excluding carboxylic acids is 2. The monoisotopic (exact) mass is 342 g/mol. The number of ether oxygens (including phenoxy) is 1. The quantitative estimate of drug-likeness (QED) is 0.675. The molecule has 0 spiro atoms. The van der Waals surface area contributed by atoms with Gasteiger partial charge >= 0.3 is 12.0 Å². The predicted molar refractivity (Wildman–Crippen MR) is 84.9 cm³/mol. The second-order valence-electron chi connectivity index (χ2n) is 4.63. The molecule has 0 radical (unpaired) electrons. The van der Waals surface area contributed by atoms with Gasteiger partial charge in [0.05, 0.1) is 30.3 Å². The number of benzene rings is 1. The van der Waals surface area contributed by atoms with Crippen LogP contribution in [-0.4, -0.2) is 36.4 Å². The summed E-state index contributed by atoms with van der Waals surface area (Å²) in [7, 11) is 1.29. The van der Waals surface area contributed by atoms with Gasteiger partial charge in [-0.1, -0.05) is 29.8 Å². The lowest BCUT2D eigenvalue weighted by molar-refractivity contribution is -0.136. The van der Waals surface area contributed by atoms with Gasteiger partial charge < -0.3 is 10.1 Å². The van der Waals surface area contributed by atoms with Gasteiger partial charge in [0.15, 0.2) is 0 Å². The molecule has 1 N–H and O–H groups in total. The summed E-state index contributed by atoms with van der Waals surface area (Å²) in [5.41, 5.74) is 1.35. The lowest BCUT2D eigenvalue weighted by Crippen LogP contribution is -2.48. The van der Waals surface area contributed by atoms with Crippen LogP contribution in [0.15, 0.2) is 35.5 Å². The van der Waals surface area contributed by atoms with Gasteiger partial charge in [0.2, 0.25) is 0 Å². The van der Waals surface area contributed by atoms with Crippen LogP contribution in [0.5, 0.6) is 0 Å². The Kier molecular flexibility index (Phi) is 5.32. The van der Waals surface area contributed by atoms with E-state index in [-0.39, 0.29) is 11.9 Å². The van der Waals surface area contributed by atoms with Crippen molar-refractivity contribution in [3.8, 4) is 0 Å². The zero-order valence-electron chi connectivity index (χ0n) is 12.2. The van der Waals surface area contributed by atoms with Gasteiger partial charge in [-0.05, 0) is 18.6 Å². The van der Waals surface area contributed by atoms with E-state index < -0.39 is 12.0 Å². The maximum Gasteiger partial charge on any atom is 0.338 e. The van der Waals surface area contributed by atoms with Crippen LogP contribution >= 0.6 is 23.2 Å². The van der Waals surface area contributed by atoms with Crippen molar-refractivity contribution in [1.82, 2.24) is 10.2 Å². The molecule has 0 fully saturated rings. The highest BCUT2D eigenvalue weighted by molar-refractivity contribution is 6.31. The molecule has 7 heteroatoms. The number of nitrogens with zero attached hydrogens (tertiary/aromatic N) is 1. The Morgan fingerprint density at radius 1 is 1.41 bits per heavy atom. The third-order valence-corrected chi connectivity index (χ3v) is 4.10. The first-order valence-electron chi connectivity index (χ1n) is 6.74. The van der Waals surface area contributed by atoms with E-state index in [2.05, 4.69) is 5.32 Å². The summed E-state index contributed by atoms with van der Waals surface area (Å²) in [5, 5.41) is 3.24. The Hall–Kier alpha value is -1.72. The minimum Gasteiger partial charge on any atom is -0.466 e. The van der Waals surface area contributed by atoms with Crippen molar-refractivity contribution >= 4 is 35.2 Å². The Morgan fingerprint density at radius 2 is 2.09 bits per heavy atom. The maximum absolute atomic E-state index is 12.3. The highest BCUT2D eigenvalue weighted by Gasteiger charge is 2.37. The number of carbonyl (C=O) groups is 2. The predicted octanol–water partition coefficient (Wildman–Crippen LogP) is 3.09. The summed E-state index contributed by atoms with van der Waals surface area (Å²) in [6.45, 7) is 2.19. The first-order valence-corrected chi connectivity index (χ1v) is 7.66. The zero-order chi connectivity index (χ0) is 16.3. The molecular formula is C15H16Cl2N2O3. The van der Waals surface area contributed by atoms with E-state index in [0.717, 1.165) is 0 Å². The molecule has 0 saturated heterocycles. The molecule has 1 aliphatic rings. The number of amides is 2. The molecule has 5 nitrogen and oxygen atoms in total. The van der Waals surface area contributed by atoms with Crippen LogP contribution in [0.3, 0.4) is 0 Å². The fourth-order valence-corrected chi connectivity index (χ4v) is 3.01. The van der Waals surface area contributed by atoms with E-state index in [9.17, 15) is 9.59 Å². The van der Waals surface area contributed by atoms with Crippen molar-refractivity contribution < 1.29 is 14.3 Å². The normalized spacial score (nSPS) is 18.3. The number of nitrogens with one attached hydrogen (secondary N) is 1. The number of urea groups is 1. The average molecular weight is 343 g/mol. The van der Waals surface area contributed by atoms with Crippen LogP contribution < -0.4 is 5.32 Å². The van der Waals surface area contributed by atoms with E-state index >= 15 is 0 Å². The first kappa shape index (κ1) is 16.6. The van der Waals surface area contributed by atoms with E-state index in [1.54, 1.807) is 31.2 Å². The Morgan fingerprint density at radius 3 is 2.64 bits per heavy atom. The Balaban J connectivity index is 2.64. The molecule has 118 valence electrons. The molecule has 2 rings (SSSR count). The van der Waals surface area contributed by atoms with E-state index in [1.165, 1.54) is 12.0 Å². The second-order valence-corrected chi connectivity index (χ2v) is 5.31. The van der Waals surface area contributed by atoms with Crippen molar-refractivity contribution in [1.29, 1.82) is 0 Å². The summed E-state index contributed by atoms with van der Waals surface area (Å²) in [5.74, 6) is -0.522. The van der Waals surface area contributed by atoms with Crippen molar-refractivity contribution in [2.24, 2.45) is 0 Å². The minimum absolute atomic E-state index is 0.0205. The highest BCUT2D eigenvalue weighted by atomic mass is 35.5. The topological polar surface area (TPSA) is 58.6 Å². The molecule has 1 aromatic carbocycles. The fourth-order valence-electron chi connectivity index (χ4n) is 2.47. The van der Waals surface area contributed by atoms with Gasteiger partial charge in [-0.3, -0.25) is 4.90 Å². The molecule has 1 atom stereocenters. The highest BCUT2D eigenvalue weighted by Crippen LogP contribution is 2.34. The molecule has 22 heavy (non-hydrogen) atoms. The maximum atomic E-state index is 12.3. The van der Waals surface area contributed by atoms with Crippen LogP contribution in [0.2, 0.25) is 5.02 Å². The number of alkyl halides is 1. The lowest BCUT2D eigenvalue weighted by Gasteiger charge is -2.35. The third kappa shape index (κ3) is 2.91. The van der Waals surface area contributed by atoms with Crippen LogP contribution in [0, 0.1) is 0 Å². The lowest BCUT2D eigenvalue weighted by atomic mass is 9.95. The molecular weight excluding hydrogens is 327 g/mol. The Bertz CT molecular complexity index is 631. The Labute approximate surface area is 138 Å². The SMILES string of the molecule is CCN1C(=O)NC(c2ccccc2Cl)C(C(=O)OC)=C1CCl. The number of methoxy groups -OCH3 is 1. The van der Waals surface area contributed by atoms with Gasteiger partial charge in [-0.2, -0.15) is 0 Å². The van der Waals surface area contributed by atoms with Gasteiger partial charge in [0.25, 0.3) is 0 Å². The smallest absolute Gasteiger partial charge is 0.338 e. The average Bonchev–Trinajstić information content (AvgIpc) is 2.53. The van der Waals surface area contributed by atoms with E-state index in [4.69, 9.17) is 27.9 Å². The summed E-state index contributed by atoms with van der Waals surface area (Å²) in [6.07, 6.45) is 0. The fraction of sp³-hybridized carbons (Fsp3) is 0.333. The third-order valence-electron chi connectivity index (χ3n) is 3.50. The van der Waals surface area contributed by atoms with Gasteiger partial charge in [0, 0.05) is 11.6 Å². The summed E-state index contributed by atoms with van der Waals surface area (Å²) >= 11 is 12.2. The number of allylic oxidation sites excluding steroid dienone is 1. The van der Waals surface area contributed by atoms with Crippen LogP contribution in [0.25, 0.3) is 0 Å². The molecule has 0 saturated carbocycles. The van der Waals surface area contributed by atoms with Crippen LogP contribution in [0.1, 0.15) is 18.5 Å². The minimum atomic E-state index is -0.690. The van der Waals surface area contributed by atoms with Crippen molar-refractivity contribution in [3.63, 3.8) is 0 Å².